The van der Waals surface area contributed by atoms with Crippen LogP contribution in [-0.4, -0.2) is 53.1 Å². The molecular formula is C21H24F4N4O3. The fraction of sp³-hybridized carbons (Fsp3) is 0.429. The minimum Gasteiger partial charge on any atom is -0.466 e. The molecule has 0 aliphatic carbocycles. The summed E-state index contributed by atoms with van der Waals surface area (Å²) in [6.45, 7) is 3.44. The second-order valence-corrected chi connectivity index (χ2v) is 7.23. The topological polar surface area (TPSA) is 84.4 Å². The van der Waals surface area contributed by atoms with E-state index in [0.717, 1.165) is 12.3 Å². The maximum absolute atomic E-state index is 14.2. The normalized spacial score (nSPS) is 12.2. The predicted molar refractivity (Wildman–Crippen MR) is 108 cm³/mol. The van der Waals surface area contributed by atoms with Gasteiger partial charge in [-0.15, -0.1) is 0 Å². The van der Waals surface area contributed by atoms with Gasteiger partial charge in [-0.3, -0.25) is 14.6 Å². The minimum absolute atomic E-state index is 0.201. The van der Waals surface area contributed by atoms with Crippen molar-refractivity contribution in [2.24, 2.45) is 0 Å². The number of rotatable bonds is 8. The first kappa shape index (κ1) is 25.0. The molecule has 0 aromatic carbocycles. The third-order valence-corrected chi connectivity index (χ3v) is 4.66. The van der Waals surface area contributed by atoms with Crippen LogP contribution < -0.4 is 10.1 Å². The van der Waals surface area contributed by atoms with Crippen LogP contribution in [0.3, 0.4) is 0 Å². The number of nitrogens with zero attached hydrogens (tertiary/aromatic N) is 3. The Balaban J connectivity index is 2.18. The molecule has 2 rings (SSSR count). The van der Waals surface area contributed by atoms with E-state index in [0.29, 0.717) is 29.9 Å². The van der Waals surface area contributed by atoms with E-state index in [1.54, 1.807) is 26.0 Å². The standard InChI is InChI=1S/C21H24F4N4O3/c1-12-5-6-16(18(28-12)7-8-26-14(3)30)20(31)29(4)13(2)15-9-17(22)19(27-10-15)32-11-21(23,24)25/h5-6,9-10,13H,7-8,11H2,1-4H3,(H,26,30). The second-order valence-electron chi connectivity index (χ2n) is 7.23. The average molecular weight is 456 g/mol. The SMILES string of the molecule is CC(=O)NCCc1nc(C)ccc1C(=O)N(C)C(C)c1cnc(OCC(F)(F)F)c(F)c1. The number of carbonyl (C=O) groups is 2. The Bertz CT molecular complexity index is 982. The van der Waals surface area contributed by atoms with E-state index in [1.165, 1.54) is 18.9 Å². The van der Waals surface area contributed by atoms with E-state index in [4.69, 9.17) is 0 Å². The molecule has 0 radical (unpaired) electrons. The van der Waals surface area contributed by atoms with E-state index in [2.05, 4.69) is 20.0 Å². The maximum Gasteiger partial charge on any atom is 0.422 e. The van der Waals surface area contributed by atoms with Gasteiger partial charge in [-0.2, -0.15) is 13.2 Å². The first-order valence-corrected chi connectivity index (χ1v) is 9.72. The number of aromatic nitrogens is 2. The predicted octanol–water partition coefficient (Wildman–Crippen LogP) is 3.38. The molecule has 32 heavy (non-hydrogen) atoms. The Labute approximate surface area is 182 Å². The molecule has 0 bridgehead atoms. The third kappa shape index (κ3) is 6.89. The summed E-state index contributed by atoms with van der Waals surface area (Å²) in [6, 6.07) is 3.65. The molecule has 0 fully saturated rings. The van der Waals surface area contributed by atoms with E-state index in [1.807, 2.05) is 0 Å². The average Bonchev–Trinajstić information content (AvgIpc) is 2.70. The fourth-order valence-corrected chi connectivity index (χ4v) is 2.87. The number of ether oxygens (including phenoxy) is 1. The highest BCUT2D eigenvalue weighted by Gasteiger charge is 2.29. The highest BCUT2D eigenvalue weighted by atomic mass is 19.4. The van der Waals surface area contributed by atoms with Gasteiger partial charge < -0.3 is 15.0 Å². The van der Waals surface area contributed by atoms with Crippen molar-refractivity contribution in [3.63, 3.8) is 0 Å². The van der Waals surface area contributed by atoms with Gasteiger partial charge in [-0.05, 0) is 37.6 Å². The van der Waals surface area contributed by atoms with Crippen LogP contribution >= 0.6 is 0 Å². The lowest BCUT2D eigenvalue weighted by Gasteiger charge is -2.26. The number of hydrogen-bond acceptors (Lipinski definition) is 5. The quantitative estimate of drug-likeness (QED) is 0.616. The summed E-state index contributed by atoms with van der Waals surface area (Å²) in [5, 5.41) is 2.65. The molecule has 174 valence electrons. The zero-order valence-electron chi connectivity index (χ0n) is 18.1. The molecule has 1 unspecified atom stereocenters. The van der Waals surface area contributed by atoms with E-state index < -0.39 is 30.5 Å². The number of amides is 2. The first-order chi connectivity index (χ1) is 14.9. The minimum atomic E-state index is -4.62. The van der Waals surface area contributed by atoms with Gasteiger partial charge in [-0.25, -0.2) is 9.37 Å². The summed E-state index contributed by atoms with van der Waals surface area (Å²) in [5.41, 5.74) is 1.81. The molecule has 2 aromatic heterocycles. The van der Waals surface area contributed by atoms with Crippen LogP contribution in [-0.2, 0) is 11.2 Å². The van der Waals surface area contributed by atoms with Crippen molar-refractivity contribution in [1.29, 1.82) is 0 Å². The van der Waals surface area contributed by atoms with Gasteiger partial charge in [0.05, 0.1) is 17.3 Å². The molecular weight excluding hydrogens is 432 g/mol. The van der Waals surface area contributed by atoms with Crippen LogP contribution in [0.2, 0.25) is 0 Å². The van der Waals surface area contributed by atoms with E-state index in [-0.39, 0.29) is 17.4 Å². The molecule has 0 aliphatic rings. The monoisotopic (exact) mass is 456 g/mol. The van der Waals surface area contributed by atoms with Crippen LogP contribution in [0.5, 0.6) is 5.88 Å². The van der Waals surface area contributed by atoms with Gasteiger partial charge in [0.2, 0.25) is 5.91 Å². The molecule has 1 atom stereocenters. The number of carbonyl (C=O) groups excluding carboxylic acids is 2. The Kier molecular flexibility index (Phi) is 8.12. The van der Waals surface area contributed by atoms with Crippen LogP contribution in [0.1, 0.15) is 47.2 Å². The summed E-state index contributed by atoms with van der Waals surface area (Å²) in [7, 11) is 1.51. The highest BCUT2D eigenvalue weighted by Crippen LogP contribution is 2.26. The van der Waals surface area contributed by atoms with Gasteiger partial charge in [0.1, 0.15) is 0 Å². The molecule has 0 aliphatic heterocycles. The molecule has 2 heterocycles. The lowest BCUT2D eigenvalue weighted by atomic mass is 10.1. The van der Waals surface area contributed by atoms with Gasteiger partial charge in [0.25, 0.3) is 11.8 Å². The Hall–Kier alpha value is -3.24. The number of nitrogens with one attached hydrogen (secondary N) is 1. The number of hydrogen-bond donors (Lipinski definition) is 1. The molecule has 0 saturated heterocycles. The Morgan fingerprint density at radius 3 is 2.56 bits per heavy atom. The molecule has 0 spiro atoms. The number of pyridine rings is 2. The van der Waals surface area contributed by atoms with Crippen molar-refractivity contribution in [2.75, 3.05) is 20.2 Å². The summed E-state index contributed by atoms with van der Waals surface area (Å²) >= 11 is 0. The zero-order chi connectivity index (χ0) is 24.1. The first-order valence-electron chi connectivity index (χ1n) is 9.72. The van der Waals surface area contributed by atoms with Crippen molar-refractivity contribution in [2.45, 2.75) is 39.4 Å². The molecule has 2 aromatic rings. The highest BCUT2D eigenvalue weighted by molar-refractivity contribution is 5.95. The summed E-state index contributed by atoms with van der Waals surface area (Å²) in [6.07, 6.45) is -3.12. The van der Waals surface area contributed by atoms with Crippen LogP contribution in [0.15, 0.2) is 24.4 Å². The number of halogens is 4. The van der Waals surface area contributed by atoms with Crippen molar-refractivity contribution < 1.29 is 31.9 Å². The van der Waals surface area contributed by atoms with Gasteiger partial charge in [-0.1, -0.05) is 0 Å². The Morgan fingerprint density at radius 1 is 1.28 bits per heavy atom. The Morgan fingerprint density at radius 2 is 1.97 bits per heavy atom. The largest absolute Gasteiger partial charge is 0.466 e. The summed E-state index contributed by atoms with van der Waals surface area (Å²) in [5.74, 6) is -2.42. The lowest BCUT2D eigenvalue weighted by molar-refractivity contribution is -0.154. The van der Waals surface area contributed by atoms with Gasteiger partial charge in [0, 0.05) is 38.8 Å². The third-order valence-electron chi connectivity index (χ3n) is 4.66. The van der Waals surface area contributed by atoms with Crippen LogP contribution in [0, 0.1) is 12.7 Å². The molecule has 7 nitrogen and oxygen atoms in total. The van der Waals surface area contributed by atoms with E-state index in [9.17, 15) is 27.2 Å². The molecule has 11 heteroatoms. The smallest absolute Gasteiger partial charge is 0.422 e. The van der Waals surface area contributed by atoms with Gasteiger partial charge in [0.15, 0.2) is 12.4 Å². The second kappa shape index (κ2) is 10.4. The van der Waals surface area contributed by atoms with Crippen LogP contribution in [0.25, 0.3) is 0 Å². The summed E-state index contributed by atoms with van der Waals surface area (Å²) < 4.78 is 55.3. The van der Waals surface area contributed by atoms with Gasteiger partial charge >= 0.3 is 6.18 Å². The van der Waals surface area contributed by atoms with Crippen molar-refractivity contribution >= 4 is 11.8 Å². The van der Waals surface area contributed by atoms with E-state index >= 15 is 0 Å². The molecule has 2 amide bonds. The van der Waals surface area contributed by atoms with Crippen molar-refractivity contribution in [3.05, 3.63) is 52.7 Å². The van der Waals surface area contributed by atoms with Crippen molar-refractivity contribution in [1.82, 2.24) is 20.2 Å². The van der Waals surface area contributed by atoms with Crippen LogP contribution in [0.4, 0.5) is 17.6 Å². The lowest BCUT2D eigenvalue weighted by Crippen LogP contribution is -2.31. The number of alkyl halides is 3. The molecule has 1 N–H and O–H groups in total. The molecule has 0 saturated carbocycles. The summed E-state index contributed by atoms with van der Waals surface area (Å²) in [4.78, 5) is 33.6. The fourth-order valence-electron chi connectivity index (χ4n) is 2.87. The maximum atomic E-state index is 14.2. The zero-order valence-corrected chi connectivity index (χ0v) is 18.1. The van der Waals surface area contributed by atoms with Crippen molar-refractivity contribution in [3.8, 4) is 5.88 Å². The number of aryl methyl sites for hydroxylation is 1.